The van der Waals surface area contributed by atoms with Gasteiger partial charge in [0, 0.05) is 17.7 Å². The van der Waals surface area contributed by atoms with E-state index in [1.807, 2.05) is 0 Å². The number of methoxy groups -OCH3 is 2. The molecule has 276 valence electrons. The molecular formula is C29H33N5O17. The van der Waals surface area contributed by atoms with Gasteiger partial charge in [0.15, 0.2) is 5.41 Å². The van der Waals surface area contributed by atoms with Gasteiger partial charge in [-0.05, 0) is 43.5 Å². The number of hydrogen-bond acceptors (Lipinski definition) is 18. The summed E-state index contributed by atoms with van der Waals surface area (Å²) in [6, 6.07) is 6.45. The molecule has 1 heterocycles. The number of fused-ring (bicyclic) bond motifs is 1. The Kier molecular flexibility index (Phi) is 13.2. The maximum atomic E-state index is 13.4. The maximum absolute atomic E-state index is 13.4. The molecule has 51 heavy (non-hydrogen) atoms. The fourth-order valence-corrected chi connectivity index (χ4v) is 4.85. The highest BCUT2D eigenvalue weighted by Gasteiger charge is 2.56. The molecule has 0 amide bonds. The van der Waals surface area contributed by atoms with Crippen LogP contribution >= 0.6 is 0 Å². The molecule has 0 radical (unpaired) electrons. The van der Waals surface area contributed by atoms with E-state index in [0.717, 1.165) is 0 Å². The lowest BCUT2D eigenvalue weighted by Gasteiger charge is -2.33. The molecule has 1 unspecified atom stereocenters. The highest BCUT2D eigenvalue weighted by molar-refractivity contribution is 5.88. The fourth-order valence-electron chi connectivity index (χ4n) is 4.85. The number of carbonyl (C=O) groups excluding carboxylic acids is 2. The van der Waals surface area contributed by atoms with Gasteiger partial charge in [0.2, 0.25) is 6.10 Å². The zero-order chi connectivity index (χ0) is 37.9. The van der Waals surface area contributed by atoms with E-state index in [4.69, 9.17) is 23.7 Å². The van der Waals surface area contributed by atoms with Crippen molar-refractivity contribution < 1.29 is 63.0 Å². The van der Waals surface area contributed by atoms with Crippen LogP contribution in [0, 0.1) is 49.6 Å². The number of benzene rings is 2. The second-order valence-corrected chi connectivity index (χ2v) is 10.6. The Morgan fingerprint density at radius 2 is 1.51 bits per heavy atom. The molecule has 22 nitrogen and oxygen atoms in total. The summed E-state index contributed by atoms with van der Waals surface area (Å²) in [5.41, 5.74) is -1.52. The van der Waals surface area contributed by atoms with Crippen LogP contribution in [0.15, 0.2) is 29.1 Å². The summed E-state index contributed by atoms with van der Waals surface area (Å²) < 4.78 is 26.3. The third-order valence-corrected chi connectivity index (χ3v) is 7.12. The van der Waals surface area contributed by atoms with Crippen LogP contribution in [0.25, 0.3) is 22.3 Å². The molecule has 2 aromatic carbocycles. The van der Waals surface area contributed by atoms with E-state index < -0.39 is 64.1 Å². The summed E-state index contributed by atoms with van der Waals surface area (Å²) in [6.45, 7) is 0.567. The van der Waals surface area contributed by atoms with Gasteiger partial charge in [-0.3, -0.25) is 14.4 Å². The van der Waals surface area contributed by atoms with Crippen molar-refractivity contribution >= 4 is 22.8 Å². The third kappa shape index (κ3) is 9.57. The Morgan fingerprint density at radius 3 is 2.04 bits per heavy atom. The van der Waals surface area contributed by atoms with Crippen molar-refractivity contribution in [2.45, 2.75) is 33.3 Å². The third-order valence-electron chi connectivity index (χ3n) is 7.12. The van der Waals surface area contributed by atoms with Crippen molar-refractivity contribution in [1.82, 2.24) is 9.97 Å². The van der Waals surface area contributed by atoms with Gasteiger partial charge in [-0.1, -0.05) is 6.92 Å². The van der Waals surface area contributed by atoms with Crippen molar-refractivity contribution in [3.8, 4) is 28.6 Å². The monoisotopic (exact) mass is 723 g/mol. The van der Waals surface area contributed by atoms with E-state index in [-0.39, 0.29) is 36.6 Å². The molecule has 3 rings (SSSR count). The van der Waals surface area contributed by atoms with Gasteiger partial charge in [-0.15, -0.1) is 30.3 Å². The van der Waals surface area contributed by atoms with Crippen molar-refractivity contribution in [3.05, 3.63) is 76.1 Å². The summed E-state index contributed by atoms with van der Waals surface area (Å²) in [5.74, 6) is -1.98. The van der Waals surface area contributed by atoms with E-state index in [0.29, 0.717) is 33.7 Å². The lowest BCUT2D eigenvalue weighted by atomic mass is 9.83. The Morgan fingerprint density at radius 1 is 0.882 bits per heavy atom. The molecule has 0 spiro atoms. The molecule has 0 aliphatic carbocycles. The van der Waals surface area contributed by atoms with E-state index >= 15 is 0 Å². The number of aromatic amines is 1. The summed E-state index contributed by atoms with van der Waals surface area (Å²) in [6.07, 6.45) is -2.44. The van der Waals surface area contributed by atoms with Crippen LogP contribution in [0.3, 0.4) is 0 Å². The summed E-state index contributed by atoms with van der Waals surface area (Å²) in [7, 11) is 2.87. The Bertz CT molecular complexity index is 1800. The maximum Gasteiger partial charge on any atom is 0.336 e. The predicted molar refractivity (Wildman–Crippen MR) is 168 cm³/mol. The molecular weight excluding hydrogens is 690 g/mol. The number of esters is 2. The van der Waals surface area contributed by atoms with Crippen molar-refractivity contribution in [2.24, 2.45) is 5.41 Å². The molecule has 0 fully saturated rings. The molecule has 0 aliphatic heterocycles. The lowest BCUT2D eigenvalue weighted by Crippen LogP contribution is -2.56. The van der Waals surface area contributed by atoms with E-state index in [1.165, 1.54) is 14.2 Å². The highest BCUT2D eigenvalue weighted by atomic mass is 17.0. The normalized spacial score (nSPS) is 11.5. The van der Waals surface area contributed by atoms with Crippen LogP contribution in [0.5, 0.6) is 17.2 Å². The number of H-pyrrole nitrogens is 1. The smallest absolute Gasteiger partial charge is 0.336 e. The van der Waals surface area contributed by atoms with Gasteiger partial charge in [0.25, 0.3) is 20.8 Å². The number of hydrogen-bond donors (Lipinski definition) is 1. The minimum Gasteiger partial charge on any atom is -0.497 e. The largest absolute Gasteiger partial charge is 0.497 e. The number of nitrogens with zero attached hydrogens (tertiary/aromatic N) is 4. The minimum atomic E-state index is -2.98. The van der Waals surface area contributed by atoms with Gasteiger partial charge in [0.1, 0.15) is 54.9 Å². The van der Waals surface area contributed by atoms with Crippen molar-refractivity contribution in [3.63, 3.8) is 0 Å². The molecule has 1 atom stereocenters. The zero-order valence-electron chi connectivity index (χ0n) is 27.9. The highest BCUT2D eigenvalue weighted by Crippen LogP contribution is 2.33. The van der Waals surface area contributed by atoms with Crippen LogP contribution in [-0.4, -0.2) is 90.5 Å². The minimum absolute atomic E-state index is 0.212. The molecule has 22 heteroatoms. The van der Waals surface area contributed by atoms with Crippen LogP contribution in [0.2, 0.25) is 0 Å². The Balaban J connectivity index is 1.87. The first kappa shape index (κ1) is 39.0. The topological polar surface area (TPSA) is 283 Å². The first-order chi connectivity index (χ1) is 24.2. The summed E-state index contributed by atoms with van der Waals surface area (Å²) >= 11 is 0. The molecule has 0 saturated carbocycles. The first-order valence-corrected chi connectivity index (χ1v) is 14.8. The van der Waals surface area contributed by atoms with Crippen LogP contribution in [-0.2, 0) is 33.6 Å². The number of ether oxygens (including phenoxy) is 5. The number of rotatable bonds is 20. The first-order valence-electron chi connectivity index (χ1n) is 14.8. The molecule has 1 N–H and O–H groups in total. The van der Waals surface area contributed by atoms with E-state index in [1.54, 1.807) is 45.0 Å². The second-order valence-electron chi connectivity index (χ2n) is 10.6. The molecule has 0 aliphatic rings. The molecule has 3 aromatic rings. The van der Waals surface area contributed by atoms with Gasteiger partial charge < -0.3 is 38.3 Å². The molecule has 1 aromatic heterocycles. The van der Waals surface area contributed by atoms with Crippen molar-refractivity contribution in [2.75, 3.05) is 47.3 Å². The van der Waals surface area contributed by atoms with E-state index in [2.05, 4.69) is 24.5 Å². The number of aryl methyl sites for hydroxylation is 2. The fraction of sp³-hybridized carbons (Fsp3) is 0.448. The quantitative estimate of drug-likeness (QED) is 0.0755. The summed E-state index contributed by atoms with van der Waals surface area (Å²) in [4.78, 5) is 92.6. The Labute approximate surface area is 286 Å². The molecule has 0 bridgehead atoms. The Hall–Kier alpha value is -6.48. The zero-order valence-corrected chi connectivity index (χ0v) is 27.9. The van der Waals surface area contributed by atoms with Crippen LogP contribution < -0.4 is 19.8 Å². The SMILES string of the molecule is CCCOC(=O)C(O[N+](=O)[O-])C(CO[N+](=O)[O-])(CO[N+](=O)[O-])C(=O)OCCOc1c(C)cc(-c2nc3cc(OC)cc(OC)c3c(=O)[nH]2)cc1C. The second kappa shape index (κ2) is 17.3. The molecule has 0 saturated heterocycles. The number of carbonyl (C=O) groups is 2. The number of nitrogens with one attached hydrogen (secondary N) is 1. The van der Waals surface area contributed by atoms with Gasteiger partial charge in [-0.2, -0.15) is 0 Å². The van der Waals surface area contributed by atoms with Gasteiger partial charge in [0.05, 0.1) is 26.3 Å². The van der Waals surface area contributed by atoms with Crippen LogP contribution in [0.1, 0.15) is 24.5 Å². The average Bonchev–Trinajstić information content (AvgIpc) is 3.08. The van der Waals surface area contributed by atoms with Gasteiger partial charge in [-0.25, -0.2) is 9.78 Å². The standard InChI is InChI=1S/C29H33N5O17/c1-6-7-47-27(36)24(51-34(42)43)29(14-49-32(38)39,15-50-33(40)41)28(37)48-9-8-46-23-16(2)10-18(11-17(23)3)25-30-20-12-19(44-4)13-21(45-5)22(20)26(35)31-25/h10-13,24H,6-9,14-15H2,1-5H3,(H,30,31,35). The predicted octanol–water partition coefficient (Wildman–Crippen LogP) is 2.08. The lowest BCUT2D eigenvalue weighted by molar-refractivity contribution is -0.785. The summed E-state index contributed by atoms with van der Waals surface area (Å²) in [5, 5.41) is 29.2. The average molecular weight is 724 g/mol. The van der Waals surface area contributed by atoms with Crippen LogP contribution in [0.4, 0.5) is 0 Å². The van der Waals surface area contributed by atoms with Gasteiger partial charge >= 0.3 is 11.9 Å². The van der Waals surface area contributed by atoms with E-state index in [9.17, 15) is 44.7 Å². The van der Waals surface area contributed by atoms with Crippen molar-refractivity contribution in [1.29, 1.82) is 0 Å². The number of aromatic nitrogens is 2.